The zero-order chi connectivity index (χ0) is 15.9. The fourth-order valence-corrected chi connectivity index (χ4v) is 1.92. The fraction of sp³-hybridized carbons (Fsp3) is 0.176. The molecule has 0 bridgehead atoms. The number of benzene rings is 2. The van der Waals surface area contributed by atoms with Gasteiger partial charge in [-0.15, -0.1) is 0 Å². The number of nitrogens with one attached hydrogen (secondary N) is 1. The minimum Gasteiger partial charge on any atom is -0.508 e. The van der Waals surface area contributed by atoms with Gasteiger partial charge in [0.1, 0.15) is 11.5 Å². The van der Waals surface area contributed by atoms with Crippen molar-refractivity contribution in [3.63, 3.8) is 0 Å². The molecule has 0 spiro atoms. The van der Waals surface area contributed by atoms with E-state index in [9.17, 15) is 9.90 Å². The molecule has 2 aromatic rings. The number of rotatable bonds is 5. The molecule has 2 rings (SSSR count). The van der Waals surface area contributed by atoms with Crippen molar-refractivity contribution in [1.29, 1.82) is 0 Å². The molecule has 0 radical (unpaired) electrons. The normalized spacial score (nSPS) is 10.6. The second kappa shape index (κ2) is 7.26. The Morgan fingerprint density at radius 3 is 2.82 bits per heavy atom. The van der Waals surface area contributed by atoms with Gasteiger partial charge in [-0.2, -0.15) is 5.10 Å². The summed E-state index contributed by atoms with van der Waals surface area (Å²) in [5, 5.41) is 13.1. The number of nitrogens with zero attached hydrogens (tertiary/aromatic N) is 1. The van der Waals surface area contributed by atoms with E-state index < -0.39 is 0 Å². The molecule has 0 heterocycles. The predicted octanol–water partition coefficient (Wildman–Crippen LogP) is 2.54. The number of amides is 1. The van der Waals surface area contributed by atoms with Crippen LogP contribution in [0.15, 0.2) is 47.6 Å². The number of phenolic OH excluding ortho intramolecular Hbond substituents is 1. The molecule has 5 heteroatoms. The first-order chi connectivity index (χ1) is 10.5. The lowest BCUT2D eigenvalue weighted by atomic mass is 10.1. The Bertz CT molecular complexity index is 696. The van der Waals surface area contributed by atoms with E-state index in [1.165, 1.54) is 6.21 Å². The van der Waals surface area contributed by atoms with Crippen LogP contribution in [0.4, 0.5) is 0 Å². The topological polar surface area (TPSA) is 70.9 Å². The Morgan fingerprint density at radius 1 is 1.27 bits per heavy atom. The number of aryl methyl sites for hydroxylation is 2. The molecule has 0 aliphatic rings. The zero-order valence-electron chi connectivity index (χ0n) is 12.5. The number of carbonyl (C=O) groups excluding carboxylic acids is 1. The van der Waals surface area contributed by atoms with Crippen molar-refractivity contribution in [2.75, 3.05) is 6.61 Å². The Hall–Kier alpha value is -2.82. The summed E-state index contributed by atoms with van der Waals surface area (Å²) in [6.07, 6.45) is 1.45. The third kappa shape index (κ3) is 4.63. The second-order valence-corrected chi connectivity index (χ2v) is 4.95. The van der Waals surface area contributed by atoms with Crippen LogP contribution in [0, 0.1) is 13.8 Å². The Balaban J connectivity index is 1.83. The maximum absolute atomic E-state index is 11.7. The van der Waals surface area contributed by atoms with Gasteiger partial charge in [0.15, 0.2) is 6.61 Å². The number of ether oxygens (including phenoxy) is 1. The van der Waals surface area contributed by atoms with Crippen molar-refractivity contribution in [3.05, 3.63) is 59.2 Å². The molecule has 0 aliphatic carbocycles. The van der Waals surface area contributed by atoms with Crippen molar-refractivity contribution >= 4 is 12.1 Å². The number of hydrogen-bond donors (Lipinski definition) is 2. The van der Waals surface area contributed by atoms with E-state index in [1.807, 2.05) is 32.0 Å². The van der Waals surface area contributed by atoms with Crippen LogP contribution in [0.1, 0.15) is 16.7 Å². The van der Waals surface area contributed by atoms with Gasteiger partial charge < -0.3 is 9.84 Å². The lowest BCUT2D eigenvalue weighted by Gasteiger charge is -2.08. The van der Waals surface area contributed by atoms with Crippen LogP contribution in [-0.2, 0) is 4.79 Å². The standard InChI is InChI=1S/C17H18N2O3/c1-12-6-7-16(13(2)8-12)22-11-17(21)19-18-10-14-4-3-5-15(20)9-14/h3-10,20H,11H2,1-2H3,(H,19,21)/b18-10-. The van der Waals surface area contributed by atoms with Gasteiger partial charge in [-0.3, -0.25) is 4.79 Å². The lowest BCUT2D eigenvalue weighted by molar-refractivity contribution is -0.123. The average molecular weight is 298 g/mol. The first-order valence-electron chi connectivity index (χ1n) is 6.85. The quantitative estimate of drug-likeness (QED) is 0.658. The van der Waals surface area contributed by atoms with E-state index in [-0.39, 0.29) is 18.3 Å². The van der Waals surface area contributed by atoms with Crippen LogP contribution in [-0.4, -0.2) is 23.8 Å². The van der Waals surface area contributed by atoms with Crippen LogP contribution in [0.25, 0.3) is 0 Å². The first kappa shape index (κ1) is 15.6. The molecule has 0 saturated carbocycles. The zero-order valence-corrected chi connectivity index (χ0v) is 12.5. The highest BCUT2D eigenvalue weighted by atomic mass is 16.5. The minimum absolute atomic E-state index is 0.110. The average Bonchev–Trinajstić information content (AvgIpc) is 2.46. The Labute approximate surface area is 129 Å². The number of hydrazone groups is 1. The van der Waals surface area contributed by atoms with Crippen molar-refractivity contribution in [3.8, 4) is 11.5 Å². The summed E-state index contributed by atoms with van der Waals surface area (Å²) in [6, 6.07) is 12.3. The summed E-state index contributed by atoms with van der Waals surface area (Å²) in [7, 11) is 0. The molecule has 22 heavy (non-hydrogen) atoms. The SMILES string of the molecule is Cc1ccc(OCC(=O)N/N=C\c2cccc(O)c2)c(C)c1. The van der Waals surface area contributed by atoms with Crippen molar-refractivity contribution < 1.29 is 14.6 Å². The molecule has 0 fully saturated rings. The Kier molecular flexibility index (Phi) is 5.14. The third-order valence-electron chi connectivity index (χ3n) is 2.96. The van der Waals surface area contributed by atoms with Crippen LogP contribution in [0.3, 0.4) is 0 Å². The molecule has 0 atom stereocenters. The van der Waals surface area contributed by atoms with Gasteiger partial charge in [0.2, 0.25) is 0 Å². The molecular formula is C17H18N2O3. The molecule has 0 unspecified atom stereocenters. The van der Waals surface area contributed by atoms with Crippen LogP contribution in [0.2, 0.25) is 0 Å². The van der Waals surface area contributed by atoms with Gasteiger partial charge in [-0.05, 0) is 43.2 Å². The van der Waals surface area contributed by atoms with E-state index >= 15 is 0 Å². The van der Waals surface area contributed by atoms with Crippen molar-refractivity contribution in [1.82, 2.24) is 5.43 Å². The summed E-state index contributed by atoms with van der Waals surface area (Å²) in [6.45, 7) is 3.82. The number of aromatic hydroxyl groups is 1. The highest BCUT2D eigenvalue weighted by Crippen LogP contribution is 2.18. The maximum atomic E-state index is 11.7. The summed E-state index contributed by atoms with van der Waals surface area (Å²) in [5.41, 5.74) is 5.19. The highest BCUT2D eigenvalue weighted by Gasteiger charge is 2.04. The molecule has 5 nitrogen and oxygen atoms in total. The summed E-state index contributed by atoms with van der Waals surface area (Å²) < 4.78 is 5.45. The molecule has 2 N–H and O–H groups in total. The smallest absolute Gasteiger partial charge is 0.277 e. The Morgan fingerprint density at radius 2 is 2.09 bits per heavy atom. The van der Waals surface area contributed by atoms with E-state index in [0.29, 0.717) is 11.3 Å². The molecule has 114 valence electrons. The number of phenols is 1. The van der Waals surface area contributed by atoms with Gasteiger partial charge in [-0.25, -0.2) is 5.43 Å². The van der Waals surface area contributed by atoms with Gasteiger partial charge >= 0.3 is 0 Å². The fourth-order valence-electron chi connectivity index (χ4n) is 1.92. The second-order valence-electron chi connectivity index (χ2n) is 4.95. The number of carbonyl (C=O) groups is 1. The van der Waals surface area contributed by atoms with E-state index in [2.05, 4.69) is 10.5 Å². The van der Waals surface area contributed by atoms with Crippen LogP contribution < -0.4 is 10.2 Å². The highest BCUT2D eigenvalue weighted by molar-refractivity contribution is 5.83. The van der Waals surface area contributed by atoms with E-state index in [0.717, 1.165) is 11.1 Å². The summed E-state index contributed by atoms with van der Waals surface area (Å²) in [5.74, 6) is 0.475. The third-order valence-corrected chi connectivity index (χ3v) is 2.96. The summed E-state index contributed by atoms with van der Waals surface area (Å²) >= 11 is 0. The molecule has 0 aliphatic heterocycles. The minimum atomic E-state index is -0.351. The van der Waals surface area contributed by atoms with Crippen molar-refractivity contribution in [2.24, 2.45) is 5.10 Å². The van der Waals surface area contributed by atoms with Crippen molar-refractivity contribution in [2.45, 2.75) is 13.8 Å². The molecule has 2 aromatic carbocycles. The molecule has 1 amide bonds. The maximum Gasteiger partial charge on any atom is 0.277 e. The van der Waals surface area contributed by atoms with Crippen LogP contribution in [0.5, 0.6) is 11.5 Å². The van der Waals surface area contributed by atoms with Gasteiger partial charge in [0, 0.05) is 0 Å². The van der Waals surface area contributed by atoms with E-state index in [1.54, 1.807) is 24.3 Å². The van der Waals surface area contributed by atoms with E-state index in [4.69, 9.17) is 4.74 Å². The lowest BCUT2D eigenvalue weighted by Crippen LogP contribution is -2.24. The predicted molar refractivity (Wildman–Crippen MR) is 85.3 cm³/mol. The van der Waals surface area contributed by atoms with Gasteiger partial charge in [-0.1, -0.05) is 29.8 Å². The first-order valence-corrected chi connectivity index (χ1v) is 6.85. The number of hydrogen-bond acceptors (Lipinski definition) is 4. The van der Waals surface area contributed by atoms with Gasteiger partial charge in [0.05, 0.1) is 6.21 Å². The van der Waals surface area contributed by atoms with Gasteiger partial charge in [0.25, 0.3) is 5.91 Å². The molecule has 0 saturated heterocycles. The molecular weight excluding hydrogens is 280 g/mol. The monoisotopic (exact) mass is 298 g/mol. The van der Waals surface area contributed by atoms with Crippen LogP contribution >= 0.6 is 0 Å². The largest absolute Gasteiger partial charge is 0.508 e. The summed E-state index contributed by atoms with van der Waals surface area (Å²) in [4.78, 5) is 11.7. The molecule has 0 aromatic heterocycles.